The summed E-state index contributed by atoms with van der Waals surface area (Å²) in [4.78, 5) is 10.8. The number of aliphatic carboxylic acids is 1. The topological polar surface area (TPSA) is 71.4 Å². The van der Waals surface area contributed by atoms with Gasteiger partial charge in [0, 0.05) is 0 Å². The summed E-state index contributed by atoms with van der Waals surface area (Å²) in [7, 11) is -5.27. The van der Waals surface area contributed by atoms with Crippen LogP contribution < -0.4 is 0 Å². The maximum Gasteiger partial charge on any atom is 0.336 e. The van der Waals surface area contributed by atoms with Crippen molar-refractivity contribution in [2.24, 2.45) is 0 Å². The monoisotopic (exact) mass is 222 g/mol. The molecular weight excluding hydrogens is 211 g/mol. The molecule has 0 amide bonds. The number of carbonyl (C=O) groups is 1. The molecule has 0 saturated carbocycles. The van der Waals surface area contributed by atoms with Crippen molar-refractivity contribution < 1.29 is 22.2 Å². The molecule has 6 heteroatoms. The number of hydrogen-bond donors (Lipinski definition) is 1. The number of carboxylic acid groups (broad SMARTS) is 1. The second kappa shape index (κ2) is 3.91. The number of allylic oxidation sites excluding steroid dienone is 1. The Morgan fingerprint density at radius 2 is 2.00 bits per heavy atom. The maximum absolute atomic E-state index is 12.9. The van der Waals surface area contributed by atoms with Gasteiger partial charge in [-0.1, -0.05) is 12.7 Å². The molecule has 0 saturated heterocycles. The Hall–Kier alpha value is -1.17. The van der Waals surface area contributed by atoms with E-state index in [2.05, 4.69) is 6.58 Å². The van der Waals surface area contributed by atoms with Crippen molar-refractivity contribution >= 4 is 16.2 Å². The fourth-order valence-corrected chi connectivity index (χ4v) is 1.95. The molecule has 80 valence electrons. The summed E-state index contributed by atoms with van der Waals surface area (Å²) in [6.45, 7) is 5.72. The molecule has 0 aromatic carbocycles. The van der Waals surface area contributed by atoms with Crippen molar-refractivity contribution in [3.63, 3.8) is 0 Å². The molecule has 14 heavy (non-hydrogen) atoms. The van der Waals surface area contributed by atoms with Crippen molar-refractivity contribution in [1.82, 2.24) is 0 Å². The SMILES string of the molecule is C=C(C)C(/C=C/C)(C(=O)O)S(=O)(=O)F. The van der Waals surface area contributed by atoms with Crippen LogP contribution in [0.1, 0.15) is 13.8 Å². The van der Waals surface area contributed by atoms with Gasteiger partial charge in [-0.25, -0.2) is 4.79 Å². The van der Waals surface area contributed by atoms with Gasteiger partial charge in [-0.05, 0) is 25.5 Å². The molecule has 0 aliphatic heterocycles. The van der Waals surface area contributed by atoms with E-state index in [4.69, 9.17) is 5.11 Å². The van der Waals surface area contributed by atoms with Gasteiger partial charge in [-0.3, -0.25) is 0 Å². The zero-order valence-electron chi connectivity index (χ0n) is 7.82. The number of carboxylic acids is 1. The Labute approximate surface area is 82.0 Å². The second-order valence-electron chi connectivity index (χ2n) is 2.76. The van der Waals surface area contributed by atoms with E-state index in [0.717, 1.165) is 19.1 Å². The quantitative estimate of drug-likeness (QED) is 0.574. The smallest absolute Gasteiger partial charge is 0.336 e. The van der Waals surface area contributed by atoms with Gasteiger partial charge in [-0.15, -0.1) is 3.89 Å². The van der Waals surface area contributed by atoms with Crippen LogP contribution >= 0.6 is 0 Å². The molecule has 0 aromatic heterocycles. The summed E-state index contributed by atoms with van der Waals surface area (Å²) < 4.78 is 31.7. The van der Waals surface area contributed by atoms with Gasteiger partial charge >= 0.3 is 16.2 Å². The van der Waals surface area contributed by atoms with Gasteiger partial charge in [0.2, 0.25) is 4.75 Å². The van der Waals surface area contributed by atoms with Crippen molar-refractivity contribution in [1.29, 1.82) is 0 Å². The van der Waals surface area contributed by atoms with Gasteiger partial charge in [0.05, 0.1) is 0 Å². The van der Waals surface area contributed by atoms with E-state index in [1.54, 1.807) is 0 Å². The molecule has 1 atom stereocenters. The summed E-state index contributed by atoms with van der Waals surface area (Å²) in [6.07, 6.45) is 1.91. The molecule has 4 nitrogen and oxygen atoms in total. The van der Waals surface area contributed by atoms with Gasteiger partial charge in [0.25, 0.3) is 0 Å². The first-order valence-corrected chi connectivity index (χ1v) is 5.06. The van der Waals surface area contributed by atoms with Gasteiger partial charge in [-0.2, -0.15) is 8.42 Å². The molecule has 0 spiro atoms. The standard InChI is InChI=1S/C8H11FO4S/c1-4-5-8(6(2)3,7(10)11)14(9,12)13/h4-5H,2H2,1,3H3,(H,10,11)/b5-4+. The molecule has 0 aromatic rings. The predicted octanol–water partition coefficient (Wildman–Crippen LogP) is 1.26. The van der Waals surface area contributed by atoms with E-state index < -0.39 is 20.9 Å². The Balaban J connectivity index is 5.92. The van der Waals surface area contributed by atoms with Crippen LogP contribution in [0.3, 0.4) is 0 Å². The van der Waals surface area contributed by atoms with E-state index in [0.29, 0.717) is 0 Å². The lowest BCUT2D eigenvalue weighted by molar-refractivity contribution is -0.137. The van der Waals surface area contributed by atoms with Gasteiger partial charge in [0.15, 0.2) is 0 Å². The number of rotatable bonds is 4. The zero-order valence-corrected chi connectivity index (χ0v) is 8.64. The second-order valence-corrected chi connectivity index (χ2v) is 4.28. The Bertz CT molecular complexity index is 366. The Kier molecular flexibility index (Phi) is 3.59. The summed E-state index contributed by atoms with van der Waals surface area (Å²) in [5.41, 5.74) is -0.300. The summed E-state index contributed by atoms with van der Waals surface area (Å²) in [5.74, 6) is -1.80. The predicted molar refractivity (Wildman–Crippen MR) is 50.0 cm³/mol. The van der Waals surface area contributed by atoms with Crippen LogP contribution in [0.2, 0.25) is 0 Å². The number of halogens is 1. The normalized spacial score (nSPS) is 16.5. The third kappa shape index (κ3) is 1.84. The highest BCUT2D eigenvalue weighted by Crippen LogP contribution is 2.29. The first kappa shape index (κ1) is 12.8. The third-order valence-corrected chi connectivity index (χ3v) is 3.17. The van der Waals surface area contributed by atoms with E-state index in [1.165, 1.54) is 6.92 Å². The summed E-state index contributed by atoms with van der Waals surface area (Å²) >= 11 is 0. The molecule has 0 aliphatic rings. The van der Waals surface area contributed by atoms with Crippen LogP contribution in [0.15, 0.2) is 24.3 Å². The van der Waals surface area contributed by atoms with Gasteiger partial charge < -0.3 is 5.11 Å². The maximum atomic E-state index is 12.9. The van der Waals surface area contributed by atoms with Gasteiger partial charge in [0.1, 0.15) is 0 Å². The first-order chi connectivity index (χ1) is 6.20. The fourth-order valence-electron chi connectivity index (χ4n) is 1.02. The molecule has 0 heterocycles. The summed E-state index contributed by atoms with van der Waals surface area (Å²) in [6, 6.07) is 0. The van der Waals surface area contributed by atoms with E-state index in [9.17, 15) is 17.1 Å². The third-order valence-electron chi connectivity index (χ3n) is 1.74. The van der Waals surface area contributed by atoms with Crippen LogP contribution in [0, 0.1) is 0 Å². The van der Waals surface area contributed by atoms with Crippen molar-refractivity contribution in [2.75, 3.05) is 0 Å². The molecule has 1 N–H and O–H groups in total. The molecule has 0 radical (unpaired) electrons. The lowest BCUT2D eigenvalue weighted by Gasteiger charge is -2.21. The lowest BCUT2D eigenvalue weighted by atomic mass is 10.0. The largest absolute Gasteiger partial charge is 0.480 e. The van der Waals surface area contributed by atoms with Crippen LogP contribution in [-0.4, -0.2) is 24.2 Å². The highest BCUT2D eigenvalue weighted by atomic mass is 32.3. The zero-order chi connectivity index (χ0) is 11.6. The van der Waals surface area contributed by atoms with Crippen LogP contribution in [0.5, 0.6) is 0 Å². The lowest BCUT2D eigenvalue weighted by Crippen LogP contribution is -2.43. The minimum atomic E-state index is -5.27. The van der Waals surface area contributed by atoms with Crippen LogP contribution in [0.4, 0.5) is 3.89 Å². The molecule has 0 rings (SSSR count). The molecule has 0 aliphatic carbocycles. The molecular formula is C8H11FO4S. The average Bonchev–Trinajstić information content (AvgIpc) is 1.95. The fraction of sp³-hybridized carbons (Fsp3) is 0.375. The molecule has 1 unspecified atom stereocenters. The van der Waals surface area contributed by atoms with Crippen molar-refractivity contribution in [3.05, 3.63) is 24.3 Å². The van der Waals surface area contributed by atoms with Crippen LogP contribution in [-0.2, 0) is 15.0 Å². The van der Waals surface area contributed by atoms with Crippen molar-refractivity contribution in [3.8, 4) is 0 Å². The van der Waals surface area contributed by atoms with Crippen molar-refractivity contribution in [2.45, 2.75) is 18.6 Å². The highest BCUT2D eigenvalue weighted by Gasteiger charge is 2.50. The van der Waals surface area contributed by atoms with Crippen LogP contribution in [0.25, 0.3) is 0 Å². The Morgan fingerprint density at radius 3 is 2.07 bits per heavy atom. The minimum absolute atomic E-state index is 0.300. The van der Waals surface area contributed by atoms with E-state index in [-0.39, 0.29) is 5.57 Å². The number of hydrogen-bond acceptors (Lipinski definition) is 3. The minimum Gasteiger partial charge on any atom is -0.480 e. The molecule has 0 bridgehead atoms. The Morgan fingerprint density at radius 1 is 1.57 bits per heavy atom. The molecule has 0 fully saturated rings. The van der Waals surface area contributed by atoms with E-state index in [1.807, 2.05) is 0 Å². The average molecular weight is 222 g/mol. The summed E-state index contributed by atoms with van der Waals surface area (Å²) in [5, 5.41) is 8.73. The van der Waals surface area contributed by atoms with E-state index >= 15 is 0 Å². The highest BCUT2D eigenvalue weighted by molar-refractivity contribution is 7.89. The first-order valence-electron chi connectivity index (χ1n) is 3.67.